The zero-order valence-corrected chi connectivity index (χ0v) is 13.7. The SMILES string of the molecule is O=C(c1ccco1)N1CCCC2(COCCN(CC3CC3)C2)C1. The van der Waals surface area contributed by atoms with Crippen LogP contribution in [0, 0.1) is 11.3 Å². The van der Waals surface area contributed by atoms with Crippen molar-refractivity contribution < 1.29 is 13.9 Å². The first-order chi connectivity index (χ1) is 11.2. The van der Waals surface area contributed by atoms with E-state index >= 15 is 0 Å². The molecule has 4 rings (SSSR count). The van der Waals surface area contributed by atoms with Crippen LogP contribution in [0.2, 0.25) is 0 Å². The summed E-state index contributed by atoms with van der Waals surface area (Å²) >= 11 is 0. The molecule has 0 bridgehead atoms. The summed E-state index contributed by atoms with van der Waals surface area (Å²) < 4.78 is 11.2. The smallest absolute Gasteiger partial charge is 0.289 e. The summed E-state index contributed by atoms with van der Waals surface area (Å²) in [6, 6.07) is 3.53. The monoisotopic (exact) mass is 318 g/mol. The second-order valence-corrected chi connectivity index (χ2v) is 7.54. The molecular formula is C18H26N2O3. The van der Waals surface area contributed by atoms with Gasteiger partial charge in [0.15, 0.2) is 5.76 Å². The number of furan rings is 1. The first-order valence-electron chi connectivity index (χ1n) is 8.87. The van der Waals surface area contributed by atoms with Crippen LogP contribution < -0.4 is 0 Å². The molecule has 0 radical (unpaired) electrons. The quantitative estimate of drug-likeness (QED) is 0.857. The third-order valence-corrected chi connectivity index (χ3v) is 5.41. The minimum absolute atomic E-state index is 0.0204. The van der Waals surface area contributed by atoms with Crippen LogP contribution in [0.4, 0.5) is 0 Å². The van der Waals surface area contributed by atoms with E-state index in [1.807, 2.05) is 4.90 Å². The van der Waals surface area contributed by atoms with Gasteiger partial charge in [0.2, 0.25) is 0 Å². The van der Waals surface area contributed by atoms with Crippen LogP contribution in [-0.4, -0.2) is 61.6 Å². The van der Waals surface area contributed by atoms with Gasteiger partial charge in [-0.2, -0.15) is 0 Å². The Kier molecular flexibility index (Phi) is 4.16. The lowest BCUT2D eigenvalue weighted by molar-refractivity contribution is 0.00599. The molecule has 5 nitrogen and oxygen atoms in total. The second-order valence-electron chi connectivity index (χ2n) is 7.54. The van der Waals surface area contributed by atoms with Crippen LogP contribution in [0.5, 0.6) is 0 Å². The summed E-state index contributed by atoms with van der Waals surface area (Å²) in [5.41, 5.74) is 0.0892. The predicted octanol–water partition coefficient (Wildman–Crippen LogP) is 2.24. The molecule has 1 unspecified atom stereocenters. The largest absolute Gasteiger partial charge is 0.459 e. The number of likely N-dealkylation sites (tertiary alicyclic amines) is 1. The Balaban J connectivity index is 1.46. The van der Waals surface area contributed by atoms with Crippen LogP contribution in [-0.2, 0) is 4.74 Å². The zero-order valence-electron chi connectivity index (χ0n) is 13.7. The van der Waals surface area contributed by atoms with Crippen molar-refractivity contribution in [3.05, 3.63) is 24.2 Å². The van der Waals surface area contributed by atoms with E-state index in [9.17, 15) is 4.79 Å². The zero-order chi connectivity index (χ0) is 15.7. The summed E-state index contributed by atoms with van der Waals surface area (Å²) in [6.45, 7) is 6.50. The van der Waals surface area contributed by atoms with Crippen molar-refractivity contribution >= 4 is 5.91 Å². The van der Waals surface area contributed by atoms with E-state index in [2.05, 4.69) is 4.90 Å². The number of ether oxygens (including phenoxy) is 1. The summed E-state index contributed by atoms with van der Waals surface area (Å²) in [7, 11) is 0. The lowest BCUT2D eigenvalue weighted by Crippen LogP contribution is -2.52. The number of carbonyl (C=O) groups is 1. The lowest BCUT2D eigenvalue weighted by Gasteiger charge is -2.43. The molecule has 1 aliphatic carbocycles. The molecule has 1 aromatic rings. The third kappa shape index (κ3) is 3.45. The van der Waals surface area contributed by atoms with E-state index in [-0.39, 0.29) is 11.3 Å². The van der Waals surface area contributed by atoms with Gasteiger partial charge in [-0.15, -0.1) is 0 Å². The molecule has 1 atom stereocenters. The predicted molar refractivity (Wildman–Crippen MR) is 86.3 cm³/mol. The number of amides is 1. The number of rotatable bonds is 3. The summed E-state index contributed by atoms with van der Waals surface area (Å²) in [5, 5.41) is 0. The lowest BCUT2D eigenvalue weighted by atomic mass is 9.80. The highest BCUT2D eigenvalue weighted by Gasteiger charge is 2.41. The Labute approximate surface area is 137 Å². The molecule has 1 spiro atoms. The van der Waals surface area contributed by atoms with Gasteiger partial charge in [-0.25, -0.2) is 0 Å². The molecular weight excluding hydrogens is 292 g/mol. The summed E-state index contributed by atoms with van der Waals surface area (Å²) in [4.78, 5) is 17.2. The van der Waals surface area contributed by atoms with Crippen molar-refractivity contribution in [3.8, 4) is 0 Å². The highest BCUT2D eigenvalue weighted by atomic mass is 16.5. The molecule has 126 valence electrons. The molecule has 1 aromatic heterocycles. The van der Waals surface area contributed by atoms with Crippen molar-refractivity contribution in [2.24, 2.45) is 11.3 Å². The van der Waals surface area contributed by atoms with Crippen molar-refractivity contribution in [1.82, 2.24) is 9.80 Å². The van der Waals surface area contributed by atoms with Crippen molar-refractivity contribution in [2.75, 3.05) is 45.9 Å². The Morgan fingerprint density at radius 2 is 2.22 bits per heavy atom. The topological polar surface area (TPSA) is 45.9 Å². The molecule has 3 fully saturated rings. The first-order valence-corrected chi connectivity index (χ1v) is 8.87. The fourth-order valence-corrected chi connectivity index (χ4v) is 4.09. The van der Waals surface area contributed by atoms with Gasteiger partial charge in [-0.05, 0) is 43.7 Å². The van der Waals surface area contributed by atoms with Crippen LogP contribution in [0.25, 0.3) is 0 Å². The van der Waals surface area contributed by atoms with Gasteiger partial charge in [0.25, 0.3) is 5.91 Å². The molecule has 5 heteroatoms. The molecule has 23 heavy (non-hydrogen) atoms. The van der Waals surface area contributed by atoms with E-state index in [1.54, 1.807) is 18.4 Å². The number of hydrogen-bond donors (Lipinski definition) is 0. The van der Waals surface area contributed by atoms with E-state index in [4.69, 9.17) is 9.15 Å². The summed E-state index contributed by atoms with van der Waals surface area (Å²) in [6.07, 6.45) is 6.53. The fourth-order valence-electron chi connectivity index (χ4n) is 4.09. The molecule has 2 saturated heterocycles. The van der Waals surface area contributed by atoms with Crippen LogP contribution >= 0.6 is 0 Å². The van der Waals surface area contributed by atoms with Gasteiger partial charge in [-0.1, -0.05) is 0 Å². The Morgan fingerprint density at radius 1 is 1.30 bits per heavy atom. The van der Waals surface area contributed by atoms with E-state index in [0.717, 1.165) is 58.2 Å². The maximum atomic E-state index is 12.6. The van der Waals surface area contributed by atoms with Gasteiger partial charge >= 0.3 is 0 Å². The Bertz CT molecular complexity index is 540. The van der Waals surface area contributed by atoms with Crippen LogP contribution in [0.3, 0.4) is 0 Å². The average Bonchev–Trinajstić information content (AvgIpc) is 3.24. The van der Waals surface area contributed by atoms with Crippen LogP contribution in [0.1, 0.15) is 36.2 Å². The summed E-state index contributed by atoms with van der Waals surface area (Å²) in [5.74, 6) is 1.37. The van der Waals surface area contributed by atoms with Gasteiger partial charge in [0, 0.05) is 38.1 Å². The minimum atomic E-state index is 0.0204. The normalized spacial score (nSPS) is 29.7. The van der Waals surface area contributed by atoms with Crippen molar-refractivity contribution in [2.45, 2.75) is 25.7 Å². The van der Waals surface area contributed by atoms with Crippen molar-refractivity contribution in [1.29, 1.82) is 0 Å². The first kappa shape index (κ1) is 15.2. The van der Waals surface area contributed by atoms with Gasteiger partial charge < -0.3 is 19.0 Å². The standard InChI is InChI=1S/C18H26N2O3/c21-17(16-3-1-9-23-16)20-7-2-6-18(13-20)12-19(8-10-22-14-18)11-15-4-5-15/h1,3,9,15H,2,4-8,10-14H2. The molecule has 1 saturated carbocycles. The fraction of sp³-hybridized carbons (Fsp3) is 0.722. The van der Waals surface area contributed by atoms with Gasteiger partial charge in [-0.3, -0.25) is 4.79 Å². The van der Waals surface area contributed by atoms with Gasteiger partial charge in [0.05, 0.1) is 19.5 Å². The third-order valence-electron chi connectivity index (χ3n) is 5.41. The Hall–Kier alpha value is -1.33. The maximum absolute atomic E-state index is 12.6. The number of piperidine rings is 1. The molecule has 3 heterocycles. The molecule has 3 aliphatic rings. The van der Waals surface area contributed by atoms with Gasteiger partial charge in [0.1, 0.15) is 0 Å². The van der Waals surface area contributed by atoms with E-state index in [0.29, 0.717) is 5.76 Å². The average molecular weight is 318 g/mol. The van der Waals surface area contributed by atoms with Crippen LogP contribution in [0.15, 0.2) is 22.8 Å². The number of carbonyl (C=O) groups excluding carboxylic acids is 1. The second kappa shape index (κ2) is 6.29. The number of nitrogens with zero attached hydrogens (tertiary/aromatic N) is 2. The molecule has 2 aliphatic heterocycles. The van der Waals surface area contributed by atoms with E-state index < -0.39 is 0 Å². The maximum Gasteiger partial charge on any atom is 0.289 e. The minimum Gasteiger partial charge on any atom is -0.459 e. The number of hydrogen-bond acceptors (Lipinski definition) is 4. The molecule has 0 N–H and O–H groups in total. The highest BCUT2D eigenvalue weighted by molar-refractivity contribution is 5.91. The highest BCUT2D eigenvalue weighted by Crippen LogP contribution is 2.36. The molecule has 1 amide bonds. The van der Waals surface area contributed by atoms with E-state index in [1.165, 1.54) is 19.4 Å². The Morgan fingerprint density at radius 3 is 3.00 bits per heavy atom. The van der Waals surface area contributed by atoms with Crippen molar-refractivity contribution in [3.63, 3.8) is 0 Å². The molecule has 0 aromatic carbocycles.